The lowest BCUT2D eigenvalue weighted by Crippen LogP contribution is -2.53. The first-order valence-electron chi connectivity index (χ1n) is 10.4. The maximum Gasteiger partial charge on any atom is 0.410 e. The van der Waals surface area contributed by atoms with Crippen LogP contribution < -0.4 is 4.72 Å². The first-order chi connectivity index (χ1) is 14.1. The second-order valence-corrected chi connectivity index (χ2v) is 10.6. The Kier molecular flexibility index (Phi) is 6.71. The second-order valence-electron chi connectivity index (χ2n) is 8.87. The van der Waals surface area contributed by atoms with Gasteiger partial charge in [0.2, 0.25) is 15.9 Å². The van der Waals surface area contributed by atoms with E-state index in [0.717, 1.165) is 6.42 Å². The molecule has 2 fully saturated rings. The summed E-state index contributed by atoms with van der Waals surface area (Å²) >= 11 is 0. The number of benzene rings is 1. The van der Waals surface area contributed by atoms with E-state index in [1.807, 2.05) is 0 Å². The molecular weight excluding hydrogens is 406 g/mol. The minimum Gasteiger partial charge on any atom is -0.444 e. The fourth-order valence-electron chi connectivity index (χ4n) is 3.88. The van der Waals surface area contributed by atoms with E-state index in [0.29, 0.717) is 38.9 Å². The average molecular weight is 438 g/mol. The van der Waals surface area contributed by atoms with E-state index in [4.69, 9.17) is 4.74 Å². The SMILES string of the molecule is CC(C)(C)OC(=O)N1CCCC1C(=O)N1CCC(NS(=O)(=O)c2ccccc2)CC1. The first kappa shape index (κ1) is 22.6. The molecule has 2 heterocycles. The molecule has 1 unspecified atom stereocenters. The van der Waals surface area contributed by atoms with Crippen LogP contribution in [0, 0.1) is 0 Å². The van der Waals surface area contributed by atoms with Crippen LogP contribution in [0.1, 0.15) is 46.5 Å². The molecule has 2 aliphatic rings. The molecule has 0 aliphatic carbocycles. The van der Waals surface area contributed by atoms with Gasteiger partial charge in [-0.25, -0.2) is 17.9 Å². The molecule has 9 heteroatoms. The molecule has 30 heavy (non-hydrogen) atoms. The van der Waals surface area contributed by atoms with Crippen LogP contribution in [0.15, 0.2) is 35.2 Å². The van der Waals surface area contributed by atoms with Crippen molar-refractivity contribution in [2.45, 2.75) is 69.0 Å². The summed E-state index contributed by atoms with van der Waals surface area (Å²) in [6, 6.07) is 7.55. The van der Waals surface area contributed by atoms with Crippen LogP contribution >= 0.6 is 0 Å². The van der Waals surface area contributed by atoms with E-state index in [1.54, 1.807) is 56.0 Å². The van der Waals surface area contributed by atoms with Crippen molar-refractivity contribution < 1.29 is 22.7 Å². The van der Waals surface area contributed by atoms with Crippen LogP contribution in [0.25, 0.3) is 0 Å². The van der Waals surface area contributed by atoms with Crippen LogP contribution in [0.3, 0.4) is 0 Å². The van der Waals surface area contributed by atoms with Crippen molar-refractivity contribution in [3.05, 3.63) is 30.3 Å². The van der Waals surface area contributed by atoms with Gasteiger partial charge in [0.05, 0.1) is 4.90 Å². The number of likely N-dealkylation sites (tertiary alicyclic amines) is 2. The zero-order chi connectivity index (χ0) is 21.9. The number of nitrogens with zero attached hydrogens (tertiary/aromatic N) is 2. The molecule has 1 aromatic carbocycles. The molecule has 2 saturated heterocycles. The molecular formula is C21H31N3O5S. The Balaban J connectivity index is 1.55. The van der Waals surface area contributed by atoms with Crippen LogP contribution in [0.5, 0.6) is 0 Å². The Morgan fingerprint density at radius 3 is 2.27 bits per heavy atom. The van der Waals surface area contributed by atoms with Crippen LogP contribution in [0.4, 0.5) is 4.79 Å². The Morgan fingerprint density at radius 1 is 1.03 bits per heavy atom. The maximum atomic E-state index is 13.0. The standard InChI is InChI=1S/C21H31N3O5S/c1-21(2,3)29-20(26)24-13-7-10-18(24)19(25)23-14-11-16(12-15-23)22-30(27,28)17-8-5-4-6-9-17/h4-6,8-9,16,18,22H,7,10-15H2,1-3H3. The van der Waals surface area contributed by atoms with Crippen molar-refractivity contribution >= 4 is 22.0 Å². The number of carbonyl (C=O) groups excluding carboxylic acids is 2. The Labute approximate surface area is 178 Å². The van der Waals surface area contributed by atoms with Gasteiger partial charge in [-0.1, -0.05) is 18.2 Å². The van der Waals surface area contributed by atoms with Gasteiger partial charge in [-0.05, 0) is 58.6 Å². The van der Waals surface area contributed by atoms with E-state index >= 15 is 0 Å². The van der Waals surface area contributed by atoms with E-state index in [1.165, 1.54) is 4.90 Å². The van der Waals surface area contributed by atoms with Gasteiger partial charge in [0.1, 0.15) is 11.6 Å². The zero-order valence-electron chi connectivity index (χ0n) is 17.8. The average Bonchev–Trinajstić information content (AvgIpc) is 3.17. The van der Waals surface area contributed by atoms with Gasteiger partial charge in [0.25, 0.3) is 0 Å². The number of carbonyl (C=O) groups is 2. The van der Waals surface area contributed by atoms with E-state index in [2.05, 4.69) is 4.72 Å². The smallest absolute Gasteiger partial charge is 0.410 e. The number of amides is 2. The van der Waals surface area contributed by atoms with E-state index in [9.17, 15) is 18.0 Å². The van der Waals surface area contributed by atoms with Gasteiger partial charge >= 0.3 is 6.09 Å². The monoisotopic (exact) mass is 437 g/mol. The van der Waals surface area contributed by atoms with Crippen molar-refractivity contribution in [2.24, 2.45) is 0 Å². The highest BCUT2D eigenvalue weighted by molar-refractivity contribution is 7.89. The minimum atomic E-state index is -3.57. The summed E-state index contributed by atoms with van der Waals surface area (Å²) in [5.74, 6) is -0.0808. The number of sulfonamides is 1. The van der Waals surface area contributed by atoms with Crippen molar-refractivity contribution in [3.8, 4) is 0 Å². The van der Waals surface area contributed by atoms with Crippen molar-refractivity contribution in [1.29, 1.82) is 0 Å². The molecule has 1 aromatic rings. The molecule has 0 aromatic heterocycles. The summed E-state index contributed by atoms with van der Waals surface area (Å²) in [6.07, 6.45) is 2.01. The summed E-state index contributed by atoms with van der Waals surface area (Å²) in [6.45, 7) is 6.84. The number of hydrogen-bond donors (Lipinski definition) is 1. The van der Waals surface area contributed by atoms with Gasteiger partial charge < -0.3 is 9.64 Å². The quantitative estimate of drug-likeness (QED) is 0.780. The highest BCUT2D eigenvalue weighted by Crippen LogP contribution is 2.24. The van der Waals surface area contributed by atoms with E-state index < -0.39 is 27.8 Å². The molecule has 0 radical (unpaired) electrons. The molecule has 166 valence electrons. The molecule has 2 aliphatic heterocycles. The first-order valence-corrected chi connectivity index (χ1v) is 11.9. The van der Waals surface area contributed by atoms with Crippen LogP contribution in [0.2, 0.25) is 0 Å². The maximum absolute atomic E-state index is 13.0. The highest BCUT2D eigenvalue weighted by Gasteiger charge is 2.39. The van der Waals surface area contributed by atoms with Gasteiger partial charge in [-0.3, -0.25) is 9.69 Å². The summed E-state index contributed by atoms with van der Waals surface area (Å²) in [5.41, 5.74) is -0.610. The van der Waals surface area contributed by atoms with Gasteiger partial charge in [-0.2, -0.15) is 0 Å². The third kappa shape index (κ3) is 5.51. The number of nitrogens with one attached hydrogen (secondary N) is 1. The molecule has 2 amide bonds. The lowest BCUT2D eigenvalue weighted by atomic mass is 10.0. The summed E-state index contributed by atoms with van der Waals surface area (Å²) in [7, 11) is -3.57. The number of hydrogen-bond acceptors (Lipinski definition) is 5. The Bertz CT molecular complexity index is 858. The van der Waals surface area contributed by atoms with Crippen molar-refractivity contribution in [3.63, 3.8) is 0 Å². The van der Waals surface area contributed by atoms with Crippen molar-refractivity contribution in [1.82, 2.24) is 14.5 Å². The predicted molar refractivity (Wildman–Crippen MR) is 112 cm³/mol. The number of ether oxygens (including phenoxy) is 1. The molecule has 0 bridgehead atoms. The van der Waals surface area contributed by atoms with E-state index in [-0.39, 0.29) is 16.8 Å². The largest absolute Gasteiger partial charge is 0.444 e. The molecule has 0 spiro atoms. The summed E-state index contributed by atoms with van der Waals surface area (Å²) in [5, 5.41) is 0. The zero-order valence-corrected chi connectivity index (χ0v) is 18.7. The summed E-state index contributed by atoms with van der Waals surface area (Å²) < 4.78 is 33.2. The fraction of sp³-hybridized carbons (Fsp3) is 0.619. The third-order valence-corrected chi connectivity index (χ3v) is 6.88. The van der Waals surface area contributed by atoms with Crippen LogP contribution in [-0.2, 0) is 19.6 Å². The highest BCUT2D eigenvalue weighted by atomic mass is 32.2. The van der Waals surface area contributed by atoms with Gasteiger partial charge in [-0.15, -0.1) is 0 Å². The second kappa shape index (κ2) is 8.93. The number of piperidine rings is 1. The fourth-order valence-corrected chi connectivity index (χ4v) is 5.20. The lowest BCUT2D eigenvalue weighted by molar-refractivity contribution is -0.137. The topological polar surface area (TPSA) is 96.0 Å². The van der Waals surface area contributed by atoms with Crippen molar-refractivity contribution in [2.75, 3.05) is 19.6 Å². The van der Waals surface area contributed by atoms with Crippen LogP contribution in [-0.4, -0.2) is 67.5 Å². The molecule has 8 nitrogen and oxygen atoms in total. The normalized spacial score (nSPS) is 21.0. The number of rotatable bonds is 4. The Morgan fingerprint density at radius 2 is 1.67 bits per heavy atom. The molecule has 1 N–H and O–H groups in total. The molecule has 0 saturated carbocycles. The Hall–Kier alpha value is -2.13. The third-order valence-electron chi connectivity index (χ3n) is 5.35. The lowest BCUT2D eigenvalue weighted by Gasteiger charge is -2.36. The summed E-state index contributed by atoms with van der Waals surface area (Å²) in [4.78, 5) is 29.0. The minimum absolute atomic E-state index is 0.0808. The predicted octanol–water partition coefficient (Wildman–Crippen LogP) is 2.36. The molecule has 3 rings (SSSR count). The van der Waals surface area contributed by atoms with Gasteiger partial charge in [0, 0.05) is 25.7 Å². The molecule has 1 atom stereocenters. The van der Waals surface area contributed by atoms with Gasteiger partial charge in [0.15, 0.2) is 0 Å².